The summed E-state index contributed by atoms with van der Waals surface area (Å²) in [4.78, 5) is 7.20. The van der Waals surface area contributed by atoms with E-state index in [1.54, 1.807) is 0 Å². The van der Waals surface area contributed by atoms with Crippen LogP contribution in [-0.4, -0.2) is 23.0 Å². The van der Waals surface area contributed by atoms with Crippen LogP contribution >= 0.6 is 0 Å². The van der Waals surface area contributed by atoms with Crippen LogP contribution in [0.15, 0.2) is 60.8 Å². The molecule has 154 valence electrons. The van der Waals surface area contributed by atoms with E-state index >= 15 is 0 Å². The molecule has 0 spiro atoms. The first-order valence-electron chi connectivity index (χ1n) is 10.8. The summed E-state index contributed by atoms with van der Waals surface area (Å²) >= 11 is 0. The van der Waals surface area contributed by atoms with Crippen molar-refractivity contribution in [1.82, 2.24) is 9.88 Å². The van der Waals surface area contributed by atoms with Crippen molar-refractivity contribution in [2.24, 2.45) is 0 Å². The molecule has 30 heavy (non-hydrogen) atoms. The normalized spacial score (nSPS) is 12.7. The van der Waals surface area contributed by atoms with Gasteiger partial charge in [0.25, 0.3) is 0 Å². The number of benzene rings is 3. The molecule has 0 saturated carbocycles. The van der Waals surface area contributed by atoms with Gasteiger partial charge in [0.2, 0.25) is 0 Å². The van der Waals surface area contributed by atoms with E-state index in [-0.39, 0.29) is 6.04 Å². The Kier molecular flexibility index (Phi) is 5.60. The lowest BCUT2D eigenvalue weighted by atomic mass is 9.86. The fourth-order valence-corrected chi connectivity index (χ4v) is 4.68. The molecule has 0 fully saturated rings. The minimum Gasteiger partial charge on any atom is -0.399 e. The van der Waals surface area contributed by atoms with E-state index in [9.17, 15) is 0 Å². The first-order valence-corrected chi connectivity index (χ1v) is 10.8. The molecule has 4 N–H and O–H groups in total. The SMILES string of the molecule is CCC(c1c(-c2ccccc2)cc(N)c2cnc3ccc(N)cc3c12)N(CC)CC. The maximum absolute atomic E-state index is 6.59. The van der Waals surface area contributed by atoms with Crippen molar-refractivity contribution < 1.29 is 0 Å². The van der Waals surface area contributed by atoms with Crippen LogP contribution in [0.4, 0.5) is 11.4 Å². The van der Waals surface area contributed by atoms with Crippen molar-refractivity contribution in [3.8, 4) is 11.1 Å². The lowest BCUT2D eigenvalue weighted by molar-refractivity contribution is 0.215. The molecule has 0 aliphatic rings. The van der Waals surface area contributed by atoms with Gasteiger partial charge in [-0.2, -0.15) is 0 Å². The lowest BCUT2D eigenvalue weighted by Crippen LogP contribution is -2.28. The summed E-state index contributed by atoms with van der Waals surface area (Å²) in [6.45, 7) is 8.69. The third kappa shape index (κ3) is 3.37. The predicted molar refractivity (Wildman–Crippen MR) is 129 cm³/mol. The fraction of sp³-hybridized carbons (Fsp3) is 0.269. The molecule has 0 saturated heterocycles. The zero-order valence-electron chi connectivity index (χ0n) is 18.0. The molecule has 4 heteroatoms. The van der Waals surface area contributed by atoms with Crippen LogP contribution in [0.5, 0.6) is 0 Å². The summed E-state index contributed by atoms with van der Waals surface area (Å²) in [6, 6.07) is 18.9. The third-order valence-electron chi connectivity index (χ3n) is 6.12. The minimum absolute atomic E-state index is 0.269. The maximum Gasteiger partial charge on any atom is 0.0710 e. The third-order valence-corrected chi connectivity index (χ3v) is 6.12. The molecule has 4 rings (SSSR count). The number of nitrogens with two attached hydrogens (primary N) is 2. The first-order chi connectivity index (χ1) is 14.6. The van der Waals surface area contributed by atoms with Gasteiger partial charge in [0.1, 0.15) is 0 Å². The molecule has 1 unspecified atom stereocenters. The second-order valence-electron chi connectivity index (χ2n) is 7.76. The van der Waals surface area contributed by atoms with E-state index in [4.69, 9.17) is 11.5 Å². The second kappa shape index (κ2) is 8.33. The van der Waals surface area contributed by atoms with E-state index in [0.717, 1.165) is 47.2 Å². The van der Waals surface area contributed by atoms with Crippen LogP contribution < -0.4 is 11.5 Å². The Morgan fingerprint density at radius 1 is 0.900 bits per heavy atom. The van der Waals surface area contributed by atoms with Crippen molar-refractivity contribution in [3.05, 3.63) is 66.4 Å². The summed E-state index contributed by atoms with van der Waals surface area (Å²) in [5, 5.41) is 3.23. The monoisotopic (exact) mass is 398 g/mol. The van der Waals surface area contributed by atoms with Crippen LogP contribution in [0.1, 0.15) is 38.8 Å². The van der Waals surface area contributed by atoms with E-state index in [1.807, 2.05) is 24.4 Å². The quantitative estimate of drug-likeness (QED) is 0.308. The van der Waals surface area contributed by atoms with Crippen LogP contribution in [0.2, 0.25) is 0 Å². The summed E-state index contributed by atoms with van der Waals surface area (Å²) in [7, 11) is 0. The van der Waals surface area contributed by atoms with Crippen molar-refractivity contribution in [3.63, 3.8) is 0 Å². The first kappa shape index (κ1) is 20.2. The molecule has 0 aliphatic heterocycles. The number of fused-ring (bicyclic) bond motifs is 3. The molecule has 1 atom stereocenters. The standard InChI is InChI=1S/C26H30N4/c1-4-24(30(5-2)6-3)26-19(17-10-8-7-9-11-17)15-22(28)21-16-29-23-13-12-18(27)14-20(23)25(21)26/h7-16,24H,4-6,27-28H2,1-3H3. The molecule has 0 aliphatic carbocycles. The van der Waals surface area contributed by atoms with Crippen molar-refractivity contribution in [2.45, 2.75) is 33.2 Å². The molecule has 0 amide bonds. The van der Waals surface area contributed by atoms with E-state index in [2.05, 4.69) is 67.1 Å². The molecule has 4 aromatic rings. The van der Waals surface area contributed by atoms with Gasteiger partial charge in [-0.15, -0.1) is 0 Å². The van der Waals surface area contributed by atoms with Gasteiger partial charge in [0, 0.05) is 39.8 Å². The fourth-order valence-electron chi connectivity index (χ4n) is 4.68. The molecule has 0 radical (unpaired) electrons. The maximum atomic E-state index is 6.59. The van der Waals surface area contributed by atoms with Gasteiger partial charge in [-0.1, -0.05) is 51.1 Å². The average molecular weight is 399 g/mol. The number of nitrogens with zero attached hydrogens (tertiary/aromatic N) is 2. The van der Waals surface area contributed by atoms with Crippen molar-refractivity contribution >= 4 is 33.1 Å². The topological polar surface area (TPSA) is 68.2 Å². The summed E-state index contributed by atoms with van der Waals surface area (Å²) in [6.07, 6.45) is 2.92. The van der Waals surface area contributed by atoms with E-state index in [1.165, 1.54) is 22.1 Å². The highest BCUT2D eigenvalue weighted by molar-refractivity contribution is 6.14. The zero-order chi connectivity index (χ0) is 21.3. The molecule has 3 aromatic carbocycles. The molecule has 1 aromatic heterocycles. The van der Waals surface area contributed by atoms with Gasteiger partial charge in [-0.25, -0.2) is 0 Å². The van der Waals surface area contributed by atoms with Gasteiger partial charge >= 0.3 is 0 Å². The average Bonchev–Trinajstić information content (AvgIpc) is 2.78. The van der Waals surface area contributed by atoms with Crippen LogP contribution in [0.3, 0.4) is 0 Å². The summed E-state index contributed by atoms with van der Waals surface area (Å²) < 4.78 is 0. The molecule has 1 heterocycles. The van der Waals surface area contributed by atoms with Crippen molar-refractivity contribution in [1.29, 1.82) is 0 Å². The zero-order valence-corrected chi connectivity index (χ0v) is 18.0. The smallest absolute Gasteiger partial charge is 0.0710 e. The predicted octanol–water partition coefficient (Wildman–Crippen LogP) is 6.01. The largest absolute Gasteiger partial charge is 0.399 e. The number of hydrogen-bond donors (Lipinski definition) is 2. The van der Waals surface area contributed by atoms with Gasteiger partial charge in [0.05, 0.1) is 5.52 Å². The minimum atomic E-state index is 0.269. The van der Waals surface area contributed by atoms with Gasteiger partial charge < -0.3 is 11.5 Å². The summed E-state index contributed by atoms with van der Waals surface area (Å²) in [5.41, 5.74) is 18.9. The van der Waals surface area contributed by atoms with E-state index < -0.39 is 0 Å². The Bertz CT molecular complexity index is 1180. The molecular weight excluding hydrogens is 368 g/mol. The Morgan fingerprint density at radius 3 is 2.30 bits per heavy atom. The number of rotatable bonds is 6. The number of hydrogen-bond acceptors (Lipinski definition) is 4. The molecule has 0 bridgehead atoms. The Balaban J connectivity index is 2.20. The number of pyridine rings is 1. The van der Waals surface area contributed by atoms with Gasteiger partial charge in [-0.3, -0.25) is 9.88 Å². The Morgan fingerprint density at radius 2 is 1.63 bits per heavy atom. The van der Waals surface area contributed by atoms with Crippen LogP contribution in [-0.2, 0) is 0 Å². The van der Waals surface area contributed by atoms with Crippen LogP contribution in [0, 0.1) is 0 Å². The lowest BCUT2D eigenvalue weighted by Gasteiger charge is -2.32. The Labute approximate surface area is 178 Å². The van der Waals surface area contributed by atoms with Gasteiger partial charge in [-0.05, 0) is 60.5 Å². The second-order valence-corrected chi connectivity index (χ2v) is 7.76. The highest BCUT2D eigenvalue weighted by Crippen LogP contribution is 2.43. The van der Waals surface area contributed by atoms with Crippen LogP contribution in [0.25, 0.3) is 32.8 Å². The van der Waals surface area contributed by atoms with E-state index in [0.29, 0.717) is 0 Å². The highest BCUT2D eigenvalue weighted by Gasteiger charge is 2.25. The Hall–Kier alpha value is -3.11. The molecule has 4 nitrogen and oxygen atoms in total. The number of aromatic nitrogens is 1. The number of nitrogen functional groups attached to an aromatic ring is 2. The summed E-state index contributed by atoms with van der Waals surface area (Å²) in [5.74, 6) is 0. The molecular formula is C26H30N4. The van der Waals surface area contributed by atoms with Gasteiger partial charge in [0.15, 0.2) is 0 Å². The number of anilines is 2. The highest BCUT2D eigenvalue weighted by atomic mass is 15.1. The van der Waals surface area contributed by atoms with Crippen molar-refractivity contribution in [2.75, 3.05) is 24.6 Å².